The van der Waals surface area contributed by atoms with E-state index in [9.17, 15) is 8.42 Å². The summed E-state index contributed by atoms with van der Waals surface area (Å²) in [6.45, 7) is 3.53. The van der Waals surface area contributed by atoms with Crippen molar-refractivity contribution >= 4 is 9.84 Å². The average molecular weight is 304 g/mol. The Labute approximate surface area is 123 Å². The van der Waals surface area contributed by atoms with Gasteiger partial charge in [-0.3, -0.25) is 4.90 Å². The lowest BCUT2D eigenvalue weighted by Crippen LogP contribution is -2.62. The molecule has 2 fully saturated rings. The van der Waals surface area contributed by atoms with E-state index in [-0.39, 0.29) is 17.3 Å². The van der Waals surface area contributed by atoms with Crippen LogP contribution in [0.2, 0.25) is 0 Å². The maximum atomic E-state index is 11.5. The predicted molar refractivity (Wildman–Crippen MR) is 80.8 cm³/mol. The van der Waals surface area contributed by atoms with E-state index >= 15 is 0 Å². The van der Waals surface area contributed by atoms with E-state index < -0.39 is 9.84 Å². The summed E-state index contributed by atoms with van der Waals surface area (Å²) in [4.78, 5) is 2.55. The molecule has 0 aromatic carbocycles. The molecule has 6 heteroatoms. The van der Waals surface area contributed by atoms with Gasteiger partial charge in [-0.25, -0.2) is 8.42 Å². The summed E-state index contributed by atoms with van der Waals surface area (Å²) in [5, 5.41) is 3.41. The zero-order valence-corrected chi connectivity index (χ0v) is 13.5. The van der Waals surface area contributed by atoms with Crippen molar-refractivity contribution in [2.45, 2.75) is 43.7 Å². The predicted octanol–water partition coefficient (Wildman–Crippen LogP) is 0.654. The first-order valence-corrected chi connectivity index (χ1v) is 9.72. The normalized spacial score (nSPS) is 25.7. The second-order valence-electron chi connectivity index (χ2n) is 6.17. The molecule has 1 N–H and O–H groups in total. The van der Waals surface area contributed by atoms with Gasteiger partial charge in [0.1, 0.15) is 9.84 Å². The monoisotopic (exact) mass is 304 g/mol. The third-order valence-corrected chi connectivity index (χ3v) is 5.86. The highest BCUT2D eigenvalue weighted by atomic mass is 32.2. The van der Waals surface area contributed by atoms with E-state index in [2.05, 4.69) is 10.2 Å². The molecule has 1 atom stereocenters. The minimum absolute atomic E-state index is 0.128. The molecule has 0 amide bonds. The molecule has 5 nitrogen and oxygen atoms in total. The van der Waals surface area contributed by atoms with Crippen LogP contribution < -0.4 is 5.32 Å². The number of nitrogens with one attached hydrogen (secondary N) is 1. The Morgan fingerprint density at radius 3 is 2.35 bits per heavy atom. The van der Waals surface area contributed by atoms with Crippen LogP contribution in [0.4, 0.5) is 0 Å². The van der Waals surface area contributed by atoms with E-state index in [4.69, 9.17) is 4.74 Å². The first-order chi connectivity index (χ1) is 9.48. The molecule has 2 aliphatic rings. The second kappa shape index (κ2) is 6.73. The van der Waals surface area contributed by atoms with E-state index in [0.717, 1.165) is 26.3 Å². The summed E-state index contributed by atoms with van der Waals surface area (Å²) < 4.78 is 28.4. The zero-order chi connectivity index (χ0) is 14.6. The van der Waals surface area contributed by atoms with Crippen molar-refractivity contribution in [1.29, 1.82) is 0 Å². The molecule has 0 radical (unpaired) electrons. The molecule has 1 heterocycles. The van der Waals surface area contributed by atoms with Gasteiger partial charge in [0.15, 0.2) is 0 Å². The van der Waals surface area contributed by atoms with Crippen LogP contribution in [0, 0.1) is 0 Å². The van der Waals surface area contributed by atoms with Gasteiger partial charge in [-0.2, -0.15) is 0 Å². The van der Waals surface area contributed by atoms with E-state index in [1.54, 1.807) is 0 Å². The van der Waals surface area contributed by atoms with Crippen LogP contribution in [0.15, 0.2) is 0 Å². The van der Waals surface area contributed by atoms with Crippen molar-refractivity contribution in [2.75, 3.05) is 45.4 Å². The van der Waals surface area contributed by atoms with Gasteiger partial charge in [-0.15, -0.1) is 0 Å². The molecule has 1 aliphatic heterocycles. The molecule has 0 aromatic heterocycles. The summed E-state index contributed by atoms with van der Waals surface area (Å²) in [6, 6.07) is 0.248. The van der Waals surface area contributed by atoms with Gasteiger partial charge in [0.25, 0.3) is 0 Å². The Balaban J connectivity index is 2.11. The first kappa shape index (κ1) is 16.2. The molecular weight excluding hydrogens is 276 g/mol. The van der Waals surface area contributed by atoms with Crippen LogP contribution in [0.25, 0.3) is 0 Å². The van der Waals surface area contributed by atoms with Crippen molar-refractivity contribution in [1.82, 2.24) is 10.2 Å². The van der Waals surface area contributed by atoms with Crippen LogP contribution in [-0.2, 0) is 14.6 Å². The summed E-state index contributed by atoms with van der Waals surface area (Å²) in [5.74, 6) is 0.268. The molecule has 20 heavy (non-hydrogen) atoms. The molecule has 1 saturated carbocycles. The number of ether oxygens (including phenoxy) is 1. The van der Waals surface area contributed by atoms with Crippen LogP contribution in [-0.4, -0.2) is 70.3 Å². The summed E-state index contributed by atoms with van der Waals surface area (Å²) in [5.41, 5.74) is 0.128. The van der Waals surface area contributed by atoms with Crippen LogP contribution in [0.3, 0.4) is 0 Å². The number of likely N-dealkylation sites (N-methyl/N-ethyl adjacent to an activating group) is 1. The number of rotatable bonds is 6. The van der Waals surface area contributed by atoms with E-state index in [1.807, 2.05) is 7.05 Å². The Kier molecular flexibility index (Phi) is 5.45. The maximum absolute atomic E-state index is 11.5. The number of sulfone groups is 1. The largest absolute Gasteiger partial charge is 0.379 e. The fourth-order valence-corrected chi connectivity index (χ4v) is 4.56. The van der Waals surface area contributed by atoms with E-state index in [1.165, 1.54) is 31.9 Å². The highest BCUT2D eigenvalue weighted by Crippen LogP contribution is 2.39. The lowest BCUT2D eigenvalue weighted by molar-refractivity contribution is -0.0351. The standard InChI is InChI=1S/C14H28N2O3S/c1-15-13(5-12-20(2,17)18)14(6-3-4-7-14)16-8-10-19-11-9-16/h13,15H,3-12H2,1-2H3. The minimum Gasteiger partial charge on any atom is -0.379 e. The molecular formula is C14H28N2O3S. The summed E-state index contributed by atoms with van der Waals surface area (Å²) in [7, 11) is -0.934. The molecule has 1 unspecified atom stereocenters. The van der Waals surface area contributed by atoms with Crippen LogP contribution in [0.1, 0.15) is 32.1 Å². The van der Waals surface area contributed by atoms with Gasteiger partial charge in [0, 0.05) is 30.9 Å². The van der Waals surface area contributed by atoms with Crippen LogP contribution >= 0.6 is 0 Å². The molecule has 0 aromatic rings. The number of morpholine rings is 1. The molecule has 118 valence electrons. The van der Waals surface area contributed by atoms with Crippen molar-refractivity contribution in [2.24, 2.45) is 0 Å². The third-order valence-electron chi connectivity index (χ3n) is 4.88. The molecule has 0 bridgehead atoms. The first-order valence-electron chi connectivity index (χ1n) is 7.66. The van der Waals surface area contributed by atoms with Gasteiger partial charge in [-0.1, -0.05) is 12.8 Å². The van der Waals surface area contributed by atoms with Gasteiger partial charge in [0.2, 0.25) is 0 Å². The number of nitrogens with zero attached hydrogens (tertiary/aromatic N) is 1. The Morgan fingerprint density at radius 2 is 1.85 bits per heavy atom. The van der Waals surface area contributed by atoms with Crippen LogP contribution in [0.5, 0.6) is 0 Å². The lowest BCUT2D eigenvalue weighted by atomic mass is 9.84. The Morgan fingerprint density at radius 1 is 1.25 bits per heavy atom. The quantitative estimate of drug-likeness (QED) is 0.781. The summed E-state index contributed by atoms with van der Waals surface area (Å²) in [6.07, 6.45) is 6.86. The fraction of sp³-hybridized carbons (Fsp3) is 1.00. The highest BCUT2D eigenvalue weighted by molar-refractivity contribution is 7.90. The lowest BCUT2D eigenvalue weighted by Gasteiger charge is -2.48. The zero-order valence-electron chi connectivity index (χ0n) is 12.7. The van der Waals surface area contributed by atoms with Gasteiger partial charge < -0.3 is 10.1 Å². The van der Waals surface area contributed by atoms with Crippen molar-refractivity contribution in [3.05, 3.63) is 0 Å². The Bertz CT molecular complexity index is 399. The van der Waals surface area contributed by atoms with E-state index in [0.29, 0.717) is 6.42 Å². The van der Waals surface area contributed by atoms with Gasteiger partial charge >= 0.3 is 0 Å². The SMILES string of the molecule is CNC(CCS(C)(=O)=O)C1(N2CCOCC2)CCCC1. The fourth-order valence-electron chi connectivity index (χ4n) is 3.89. The second-order valence-corrected chi connectivity index (χ2v) is 8.43. The Hall–Kier alpha value is -0.170. The maximum Gasteiger partial charge on any atom is 0.147 e. The third kappa shape index (κ3) is 3.72. The smallest absolute Gasteiger partial charge is 0.147 e. The van der Waals surface area contributed by atoms with Crippen molar-refractivity contribution < 1.29 is 13.2 Å². The minimum atomic E-state index is -2.90. The van der Waals surface area contributed by atoms with Crippen molar-refractivity contribution in [3.8, 4) is 0 Å². The summed E-state index contributed by atoms with van der Waals surface area (Å²) >= 11 is 0. The number of hydrogen-bond donors (Lipinski definition) is 1. The van der Waals surface area contributed by atoms with Gasteiger partial charge in [0.05, 0.1) is 19.0 Å². The molecule has 0 spiro atoms. The number of hydrogen-bond acceptors (Lipinski definition) is 5. The molecule has 1 saturated heterocycles. The highest BCUT2D eigenvalue weighted by Gasteiger charge is 2.45. The molecule has 1 aliphatic carbocycles. The topological polar surface area (TPSA) is 58.6 Å². The van der Waals surface area contributed by atoms with Gasteiger partial charge in [-0.05, 0) is 26.3 Å². The average Bonchev–Trinajstić information content (AvgIpc) is 2.90. The molecule has 2 rings (SSSR count). The van der Waals surface area contributed by atoms with Crippen molar-refractivity contribution in [3.63, 3.8) is 0 Å².